The molecule has 0 saturated carbocycles. The molecule has 3 rings (SSSR count). The van der Waals surface area contributed by atoms with Crippen molar-refractivity contribution >= 4 is 11.0 Å². The second kappa shape index (κ2) is 4.05. The Labute approximate surface area is 109 Å². The summed E-state index contributed by atoms with van der Waals surface area (Å²) in [6.45, 7) is 3.74. The predicted octanol–water partition coefficient (Wildman–Crippen LogP) is 1.94. The van der Waals surface area contributed by atoms with Gasteiger partial charge in [0.15, 0.2) is 0 Å². The van der Waals surface area contributed by atoms with E-state index >= 15 is 0 Å². The normalized spacial score (nSPS) is 11.1. The summed E-state index contributed by atoms with van der Waals surface area (Å²) in [4.78, 5) is 18.6. The minimum Gasteiger partial charge on any atom is -0.328 e. The Hall–Kier alpha value is -2.43. The molecule has 0 radical (unpaired) electrons. The smallest absolute Gasteiger partial charge is 0.250 e. The molecule has 0 aromatic carbocycles. The molecule has 1 N–H and O–H groups in total. The highest BCUT2D eigenvalue weighted by Gasteiger charge is 2.08. The van der Waals surface area contributed by atoms with Gasteiger partial charge in [-0.05, 0) is 31.5 Å². The van der Waals surface area contributed by atoms with Gasteiger partial charge in [-0.3, -0.25) is 14.5 Å². The number of rotatable bonds is 1. The number of nitrogens with one attached hydrogen (secondary N) is 1. The molecule has 0 bridgehead atoms. The van der Waals surface area contributed by atoms with Crippen LogP contribution < -0.4 is 5.56 Å². The van der Waals surface area contributed by atoms with Gasteiger partial charge in [-0.2, -0.15) is 5.10 Å². The first-order valence-electron chi connectivity index (χ1n) is 6.05. The number of aromatic nitrogens is 4. The van der Waals surface area contributed by atoms with Crippen LogP contribution in [0.2, 0.25) is 0 Å². The molecule has 0 amide bonds. The van der Waals surface area contributed by atoms with Gasteiger partial charge in [-0.25, -0.2) is 0 Å². The summed E-state index contributed by atoms with van der Waals surface area (Å²) in [5.41, 5.74) is 5.36. The molecule has 3 aromatic rings. The number of aryl methyl sites for hydroxylation is 3. The standard InChI is InChI=1S/C14H14N4O/c1-8-4-10(7-16-14(8)19)11-5-12-13(15-6-11)9(2)17-18(12)3/h4-7H,1-3H3,(H,16,19). The monoisotopic (exact) mass is 254 g/mol. The number of aromatic amines is 1. The lowest BCUT2D eigenvalue weighted by molar-refractivity contribution is 0.783. The summed E-state index contributed by atoms with van der Waals surface area (Å²) in [6.07, 6.45) is 3.52. The number of pyridine rings is 2. The summed E-state index contributed by atoms with van der Waals surface area (Å²) in [6, 6.07) is 3.90. The first kappa shape index (κ1) is 11.6. The maximum atomic E-state index is 11.4. The lowest BCUT2D eigenvalue weighted by Gasteiger charge is -2.03. The van der Waals surface area contributed by atoms with E-state index in [9.17, 15) is 4.79 Å². The fraction of sp³-hybridized carbons (Fsp3) is 0.214. The van der Waals surface area contributed by atoms with Gasteiger partial charge in [0.1, 0.15) is 5.52 Å². The predicted molar refractivity (Wildman–Crippen MR) is 74.0 cm³/mol. The van der Waals surface area contributed by atoms with Gasteiger partial charge in [-0.15, -0.1) is 0 Å². The van der Waals surface area contributed by atoms with Gasteiger partial charge in [0, 0.05) is 30.6 Å². The summed E-state index contributed by atoms with van der Waals surface area (Å²) in [5, 5.41) is 4.35. The Kier molecular flexibility index (Phi) is 2.48. The van der Waals surface area contributed by atoms with Crippen LogP contribution in [0, 0.1) is 13.8 Å². The molecule has 0 aliphatic heterocycles. The molecule has 0 fully saturated rings. The molecule has 0 saturated heterocycles. The third kappa shape index (κ3) is 1.83. The summed E-state index contributed by atoms with van der Waals surface area (Å²) >= 11 is 0. The molecular formula is C14H14N4O. The minimum absolute atomic E-state index is 0.0610. The van der Waals surface area contributed by atoms with Crippen LogP contribution in [0.5, 0.6) is 0 Å². The van der Waals surface area contributed by atoms with E-state index in [0.29, 0.717) is 5.56 Å². The van der Waals surface area contributed by atoms with E-state index in [1.165, 1.54) is 0 Å². The second-order valence-electron chi connectivity index (χ2n) is 4.70. The van der Waals surface area contributed by atoms with E-state index in [0.717, 1.165) is 27.9 Å². The van der Waals surface area contributed by atoms with Crippen LogP contribution in [-0.4, -0.2) is 19.7 Å². The van der Waals surface area contributed by atoms with E-state index in [-0.39, 0.29) is 5.56 Å². The van der Waals surface area contributed by atoms with Crippen LogP contribution >= 0.6 is 0 Å². The molecule has 0 aliphatic rings. The van der Waals surface area contributed by atoms with Crippen molar-refractivity contribution in [1.29, 1.82) is 0 Å². The summed E-state index contributed by atoms with van der Waals surface area (Å²) < 4.78 is 1.82. The first-order valence-corrected chi connectivity index (χ1v) is 6.05. The highest BCUT2D eigenvalue weighted by atomic mass is 16.1. The zero-order chi connectivity index (χ0) is 13.6. The average Bonchev–Trinajstić information content (AvgIpc) is 2.68. The molecule has 96 valence electrons. The van der Waals surface area contributed by atoms with Gasteiger partial charge in [0.05, 0.1) is 11.2 Å². The highest BCUT2D eigenvalue weighted by molar-refractivity contribution is 5.82. The van der Waals surface area contributed by atoms with Gasteiger partial charge in [0.2, 0.25) is 0 Å². The SMILES string of the molecule is Cc1cc(-c2cnc3c(C)nn(C)c3c2)c[nH]c1=O. The summed E-state index contributed by atoms with van der Waals surface area (Å²) in [7, 11) is 1.90. The number of hydrogen-bond acceptors (Lipinski definition) is 3. The van der Waals surface area contributed by atoms with Gasteiger partial charge >= 0.3 is 0 Å². The Morgan fingerprint density at radius 2 is 2.00 bits per heavy atom. The van der Waals surface area contributed by atoms with E-state index in [1.807, 2.05) is 37.0 Å². The quantitative estimate of drug-likeness (QED) is 0.721. The van der Waals surface area contributed by atoms with Gasteiger partial charge < -0.3 is 4.98 Å². The zero-order valence-corrected chi connectivity index (χ0v) is 11.1. The van der Waals surface area contributed by atoms with Crippen molar-refractivity contribution in [2.24, 2.45) is 7.05 Å². The molecule has 5 heteroatoms. The molecular weight excluding hydrogens is 240 g/mol. The number of hydrogen-bond donors (Lipinski definition) is 1. The molecule has 5 nitrogen and oxygen atoms in total. The Balaban J connectivity index is 2.22. The lowest BCUT2D eigenvalue weighted by Crippen LogP contribution is -2.07. The van der Waals surface area contributed by atoms with Crippen LogP contribution in [0.3, 0.4) is 0 Å². The van der Waals surface area contributed by atoms with Crippen LogP contribution in [0.4, 0.5) is 0 Å². The Bertz CT molecular complexity index is 829. The third-order valence-corrected chi connectivity index (χ3v) is 3.28. The molecule has 19 heavy (non-hydrogen) atoms. The average molecular weight is 254 g/mol. The van der Waals surface area contributed by atoms with E-state index < -0.39 is 0 Å². The molecule has 0 atom stereocenters. The van der Waals surface area contributed by atoms with Crippen LogP contribution in [0.25, 0.3) is 22.2 Å². The Morgan fingerprint density at radius 1 is 1.21 bits per heavy atom. The number of fused-ring (bicyclic) bond motifs is 1. The number of H-pyrrole nitrogens is 1. The van der Waals surface area contributed by atoms with E-state index in [4.69, 9.17) is 0 Å². The van der Waals surface area contributed by atoms with E-state index in [1.54, 1.807) is 13.1 Å². The van der Waals surface area contributed by atoms with Crippen LogP contribution in [0.1, 0.15) is 11.3 Å². The number of nitrogens with zero attached hydrogens (tertiary/aromatic N) is 3. The molecule has 3 aromatic heterocycles. The maximum Gasteiger partial charge on any atom is 0.250 e. The van der Waals surface area contributed by atoms with Crippen LogP contribution in [-0.2, 0) is 7.05 Å². The summed E-state index contributed by atoms with van der Waals surface area (Å²) in [5.74, 6) is 0. The van der Waals surface area contributed by atoms with Crippen molar-refractivity contribution in [1.82, 2.24) is 19.7 Å². The van der Waals surface area contributed by atoms with Crippen molar-refractivity contribution in [2.75, 3.05) is 0 Å². The van der Waals surface area contributed by atoms with Gasteiger partial charge in [-0.1, -0.05) is 0 Å². The van der Waals surface area contributed by atoms with Crippen molar-refractivity contribution in [3.63, 3.8) is 0 Å². The fourth-order valence-corrected chi connectivity index (χ4v) is 2.23. The van der Waals surface area contributed by atoms with Crippen molar-refractivity contribution < 1.29 is 0 Å². The lowest BCUT2D eigenvalue weighted by atomic mass is 10.1. The van der Waals surface area contributed by atoms with Crippen molar-refractivity contribution in [2.45, 2.75) is 13.8 Å². The molecule has 0 spiro atoms. The van der Waals surface area contributed by atoms with E-state index in [2.05, 4.69) is 15.1 Å². The largest absolute Gasteiger partial charge is 0.328 e. The molecule has 3 heterocycles. The fourth-order valence-electron chi connectivity index (χ4n) is 2.23. The van der Waals surface area contributed by atoms with Crippen LogP contribution in [0.15, 0.2) is 29.3 Å². The molecule has 0 aliphatic carbocycles. The van der Waals surface area contributed by atoms with Gasteiger partial charge in [0.25, 0.3) is 5.56 Å². The third-order valence-electron chi connectivity index (χ3n) is 3.28. The van der Waals surface area contributed by atoms with Crippen molar-refractivity contribution in [3.05, 3.63) is 46.1 Å². The maximum absolute atomic E-state index is 11.4. The minimum atomic E-state index is -0.0610. The van der Waals surface area contributed by atoms with Crippen molar-refractivity contribution in [3.8, 4) is 11.1 Å². The highest BCUT2D eigenvalue weighted by Crippen LogP contribution is 2.23. The Morgan fingerprint density at radius 3 is 2.74 bits per heavy atom. The first-order chi connectivity index (χ1) is 9.06. The topological polar surface area (TPSA) is 63.6 Å². The zero-order valence-electron chi connectivity index (χ0n) is 11.1. The molecule has 0 unspecified atom stereocenters. The second-order valence-corrected chi connectivity index (χ2v) is 4.70.